The third kappa shape index (κ3) is 4.35. The van der Waals surface area contributed by atoms with Crippen molar-refractivity contribution in [2.45, 2.75) is 0 Å². The zero-order valence-electron chi connectivity index (χ0n) is 29.6. The minimum Gasteiger partial charge on any atom is -0.309 e. The van der Waals surface area contributed by atoms with Crippen molar-refractivity contribution in [2.24, 2.45) is 0 Å². The molecule has 0 fully saturated rings. The van der Waals surface area contributed by atoms with Crippen molar-refractivity contribution in [3.05, 3.63) is 188 Å². The third-order valence-corrected chi connectivity index (χ3v) is 11.2. The molecular weight excluding hydrogens is 671 g/mol. The lowest BCUT2D eigenvalue weighted by atomic mass is 9.96. The van der Waals surface area contributed by atoms with Crippen LogP contribution in [0.25, 0.3) is 88.5 Å². The predicted octanol–water partition coefficient (Wildman–Crippen LogP) is 12.9. The molecule has 256 valence electrons. The molecule has 4 heterocycles. The molecule has 0 saturated carbocycles. The van der Waals surface area contributed by atoms with Crippen molar-refractivity contribution in [2.75, 3.05) is 4.90 Å². The molecule has 0 bridgehead atoms. The molecule has 11 aromatic rings. The molecule has 5 nitrogen and oxygen atoms in total. The molecule has 0 aliphatic carbocycles. The van der Waals surface area contributed by atoms with Crippen LogP contribution in [0.3, 0.4) is 0 Å². The van der Waals surface area contributed by atoms with E-state index in [1.54, 1.807) is 0 Å². The van der Waals surface area contributed by atoms with Gasteiger partial charge in [0.1, 0.15) is 0 Å². The van der Waals surface area contributed by atoms with Gasteiger partial charge >= 0.3 is 0 Å². The van der Waals surface area contributed by atoms with Gasteiger partial charge in [-0.1, -0.05) is 115 Å². The van der Waals surface area contributed by atoms with E-state index in [4.69, 9.17) is 9.97 Å². The summed E-state index contributed by atoms with van der Waals surface area (Å²) in [5.41, 5.74) is 14.3. The fourth-order valence-corrected chi connectivity index (χ4v) is 8.86. The molecule has 1 aliphatic rings. The monoisotopic (exact) mass is 701 g/mol. The van der Waals surface area contributed by atoms with Crippen LogP contribution in [-0.4, -0.2) is 19.1 Å². The van der Waals surface area contributed by atoms with Crippen LogP contribution in [0, 0.1) is 0 Å². The zero-order chi connectivity index (χ0) is 36.0. The highest BCUT2D eigenvalue weighted by Crippen LogP contribution is 2.50. The Labute approximate surface area is 316 Å². The molecule has 0 saturated heterocycles. The highest BCUT2D eigenvalue weighted by Gasteiger charge is 2.28. The maximum atomic E-state index is 5.44. The van der Waals surface area contributed by atoms with E-state index >= 15 is 0 Å². The van der Waals surface area contributed by atoms with Crippen molar-refractivity contribution in [1.82, 2.24) is 19.1 Å². The summed E-state index contributed by atoms with van der Waals surface area (Å²) in [7, 11) is 0. The molecule has 0 radical (unpaired) electrons. The molecule has 8 aromatic carbocycles. The molecule has 0 unspecified atom stereocenters. The van der Waals surface area contributed by atoms with Crippen molar-refractivity contribution in [1.29, 1.82) is 0 Å². The first kappa shape index (κ1) is 30.0. The van der Waals surface area contributed by atoms with Crippen LogP contribution in [0.5, 0.6) is 0 Å². The summed E-state index contributed by atoms with van der Waals surface area (Å²) in [6.07, 6.45) is 0. The quantitative estimate of drug-likeness (QED) is 0.183. The van der Waals surface area contributed by atoms with Crippen LogP contribution in [0.4, 0.5) is 17.1 Å². The van der Waals surface area contributed by atoms with E-state index in [-0.39, 0.29) is 0 Å². The lowest BCUT2D eigenvalue weighted by Crippen LogP contribution is -2.16. The molecule has 12 rings (SSSR count). The molecule has 0 spiro atoms. The van der Waals surface area contributed by atoms with E-state index in [1.165, 1.54) is 38.1 Å². The van der Waals surface area contributed by atoms with Gasteiger partial charge in [-0.2, -0.15) is 0 Å². The van der Waals surface area contributed by atoms with Gasteiger partial charge < -0.3 is 9.47 Å². The van der Waals surface area contributed by atoms with Crippen LogP contribution in [0.15, 0.2) is 188 Å². The van der Waals surface area contributed by atoms with Gasteiger partial charge in [0.15, 0.2) is 0 Å². The average Bonchev–Trinajstić information content (AvgIpc) is 3.76. The van der Waals surface area contributed by atoms with E-state index in [0.29, 0.717) is 5.95 Å². The SMILES string of the molecule is c1ccc(N2c3ccccc3-c3nc(-n4c5ccccc5c5cc(-c6ccc7c8ccccc8n(-c8ccccc8)c7c6)ccc54)nc4cccc2c34)cc1. The van der Waals surface area contributed by atoms with E-state index in [2.05, 4.69) is 202 Å². The maximum Gasteiger partial charge on any atom is 0.235 e. The van der Waals surface area contributed by atoms with Crippen LogP contribution in [0.1, 0.15) is 0 Å². The minimum absolute atomic E-state index is 0.662. The lowest BCUT2D eigenvalue weighted by molar-refractivity contribution is 1.01. The number of fused-ring (bicyclic) bond motifs is 8. The number of nitrogens with zero attached hydrogens (tertiary/aromatic N) is 5. The number of hydrogen-bond donors (Lipinski definition) is 0. The number of para-hydroxylation sites is 5. The van der Waals surface area contributed by atoms with E-state index in [1.807, 2.05) is 0 Å². The lowest BCUT2D eigenvalue weighted by Gasteiger charge is -2.32. The summed E-state index contributed by atoms with van der Waals surface area (Å²) in [4.78, 5) is 13.1. The molecule has 1 aliphatic heterocycles. The predicted molar refractivity (Wildman–Crippen MR) is 227 cm³/mol. The number of aromatic nitrogens is 4. The number of anilines is 3. The van der Waals surface area contributed by atoms with Gasteiger partial charge in [0.25, 0.3) is 0 Å². The molecule has 3 aromatic heterocycles. The Hall–Kier alpha value is -7.50. The van der Waals surface area contributed by atoms with E-state index in [0.717, 1.165) is 61.5 Å². The van der Waals surface area contributed by atoms with E-state index < -0.39 is 0 Å². The smallest absolute Gasteiger partial charge is 0.235 e. The van der Waals surface area contributed by atoms with Crippen LogP contribution < -0.4 is 4.90 Å². The summed E-state index contributed by atoms with van der Waals surface area (Å²) in [5, 5.41) is 5.89. The van der Waals surface area contributed by atoms with E-state index in [9.17, 15) is 0 Å². The second-order valence-electron chi connectivity index (χ2n) is 14.2. The van der Waals surface area contributed by atoms with Gasteiger partial charge in [0.2, 0.25) is 5.95 Å². The number of benzene rings is 8. The zero-order valence-corrected chi connectivity index (χ0v) is 29.6. The van der Waals surface area contributed by atoms with Crippen molar-refractivity contribution in [3.8, 4) is 34.0 Å². The highest BCUT2D eigenvalue weighted by atomic mass is 15.2. The summed E-state index contributed by atoms with van der Waals surface area (Å²) < 4.78 is 4.62. The van der Waals surface area contributed by atoms with Crippen molar-refractivity contribution >= 4 is 71.6 Å². The maximum absolute atomic E-state index is 5.44. The van der Waals surface area contributed by atoms with Crippen molar-refractivity contribution < 1.29 is 0 Å². The molecule has 55 heavy (non-hydrogen) atoms. The fraction of sp³-hybridized carbons (Fsp3) is 0. The third-order valence-electron chi connectivity index (χ3n) is 11.2. The highest BCUT2D eigenvalue weighted by molar-refractivity contribution is 6.14. The number of hydrogen-bond acceptors (Lipinski definition) is 3. The summed E-state index contributed by atoms with van der Waals surface area (Å²) in [6.45, 7) is 0. The summed E-state index contributed by atoms with van der Waals surface area (Å²) in [6, 6.07) is 67.1. The molecule has 5 heteroatoms. The molecule has 0 N–H and O–H groups in total. The second kappa shape index (κ2) is 11.5. The molecule has 0 atom stereocenters. The van der Waals surface area contributed by atoms with Crippen LogP contribution in [0.2, 0.25) is 0 Å². The first-order chi connectivity index (χ1) is 27.3. The van der Waals surface area contributed by atoms with Gasteiger partial charge in [-0.05, 0) is 83.9 Å². The molecule has 0 amide bonds. The van der Waals surface area contributed by atoms with Gasteiger partial charge in [-0.25, -0.2) is 9.97 Å². The Morgan fingerprint density at radius 2 is 0.964 bits per heavy atom. The first-order valence-corrected chi connectivity index (χ1v) is 18.7. The van der Waals surface area contributed by atoms with Gasteiger partial charge in [0, 0.05) is 38.5 Å². The van der Waals surface area contributed by atoms with Gasteiger partial charge in [-0.15, -0.1) is 0 Å². The van der Waals surface area contributed by atoms with Crippen LogP contribution >= 0.6 is 0 Å². The Kier molecular flexibility index (Phi) is 6.27. The Morgan fingerprint density at radius 3 is 1.78 bits per heavy atom. The summed E-state index contributed by atoms with van der Waals surface area (Å²) >= 11 is 0. The Balaban J connectivity index is 1.06. The van der Waals surface area contributed by atoms with Gasteiger partial charge in [-0.3, -0.25) is 4.57 Å². The largest absolute Gasteiger partial charge is 0.309 e. The first-order valence-electron chi connectivity index (χ1n) is 18.7. The Morgan fingerprint density at radius 1 is 0.364 bits per heavy atom. The fourth-order valence-electron chi connectivity index (χ4n) is 8.86. The number of rotatable bonds is 4. The van der Waals surface area contributed by atoms with Crippen molar-refractivity contribution in [3.63, 3.8) is 0 Å². The topological polar surface area (TPSA) is 38.9 Å². The van der Waals surface area contributed by atoms with Gasteiger partial charge in [0.05, 0.1) is 50.0 Å². The average molecular weight is 702 g/mol. The minimum atomic E-state index is 0.662. The van der Waals surface area contributed by atoms with Crippen LogP contribution in [-0.2, 0) is 0 Å². The second-order valence-corrected chi connectivity index (χ2v) is 14.2. The molecular formula is C50H31N5. The Bertz CT molecular complexity index is 3320. The standard InChI is InChI=1S/C50H31N5/c1-3-14-34(15-4-1)53-44-24-12-9-20-39(44)49-48-41(21-13-25-46(48)53)51-50(52-49)55-43-23-11-8-19-37(43)40-30-32(27-29-45(40)55)33-26-28-38-36-18-7-10-22-42(36)54(47(38)31-33)35-16-5-2-6-17-35/h1-31H. The summed E-state index contributed by atoms with van der Waals surface area (Å²) in [5.74, 6) is 0.662. The normalized spacial score (nSPS) is 12.3.